The van der Waals surface area contributed by atoms with Gasteiger partial charge in [0, 0.05) is 25.9 Å². The van der Waals surface area contributed by atoms with Crippen molar-refractivity contribution >= 4 is 0 Å². The maximum absolute atomic E-state index is 11.3. The summed E-state index contributed by atoms with van der Waals surface area (Å²) in [6.45, 7) is 2.75. The molecule has 0 amide bonds. The van der Waals surface area contributed by atoms with Gasteiger partial charge in [0.1, 0.15) is 0 Å². The summed E-state index contributed by atoms with van der Waals surface area (Å²) in [6.07, 6.45) is 2.90. The van der Waals surface area contributed by atoms with Crippen LogP contribution in [0.15, 0.2) is 23.1 Å². The van der Waals surface area contributed by atoms with Crippen LogP contribution in [0.1, 0.15) is 12.0 Å². The lowest BCUT2D eigenvalue weighted by Gasteiger charge is -2.05. The molecule has 1 heterocycles. The molecule has 2 N–H and O–H groups in total. The molecule has 1 aromatic rings. The number of nitrogens with one attached hydrogen (secondary N) is 2. The van der Waals surface area contributed by atoms with Crippen molar-refractivity contribution in [3.8, 4) is 0 Å². The molecule has 0 radical (unpaired) electrons. The van der Waals surface area contributed by atoms with Gasteiger partial charge in [-0.2, -0.15) is 0 Å². The van der Waals surface area contributed by atoms with E-state index in [0.717, 1.165) is 31.6 Å². The molecule has 4 heteroatoms. The first-order chi connectivity index (χ1) is 7.24. The zero-order valence-corrected chi connectivity index (χ0v) is 9.42. The van der Waals surface area contributed by atoms with Crippen molar-refractivity contribution in [2.45, 2.75) is 13.0 Å². The van der Waals surface area contributed by atoms with Gasteiger partial charge in [-0.3, -0.25) is 4.79 Å². The standard InChI is InChI=1S/C11H19N3O/c1-12-5-3-6-13-9-10-4-7-14(2)11(15)8-10/h4,7-8,12-13H,3,5-6,9H2,1-2H3. The lowest BCUT2D eigenvalue weighted by molar-refractivity contribution is 0.624. The second kappa shape index (κ2) is 6.37. The molecule has 15 heavy (non-hydrogen) atoms. The molecule has 0 fully saturated rings. The van der Waals surface area contributed by atoms with E-state index in [2.05, 4.69) is 10.6 Å². The first-order valence-corrected chi connectivity index (χ1v) is 5.25. The highest BCUT2D eigenvalue weighted by molar-refractivity contribution is 5.10. The Morgan fingerprint density at radius 1 is 1.40 bits per heavy atom. The average molecular weight is 209 g/mol. The highest BCUT2D eigenvalue weighted by Crippen LogP contribution is 1.92. The number of aromatic nitrogens is 1. The summed E-state index contributed by atoms with van der Waals surface area (Å²) >= 11 is 0. The molecular weight excluding hydrogens is 190 g/mol. The Bertz CT molecular complexity index is 346. The van der Waals surface area contributed by atoms with Crippen LogP contribution in [-0.4, -0.2) is 24.7 Å². The second-order valence-electron chi connectivity index (χ2n) is 3.62. The lowest BCUT2D eigenvalue weighted by atomic mass is 10.2. The van der Waals surface area contributed by atoms with Crippen molar-refractivity contribution < 1.29 is 0 Å². The van der Waals surface area contributed by atoms with E-state index in [0.29, 0.717) is 0 Å². The van der Waals surface area contributed by atoms with E-state index < -0.39 is 0 Å². The highest BCUT2D eigenvalue weighted by atomic mass is 16.1. The van der Waals surface area contributed by atoms with Crippen molar-refractivity contribution in [3.05, 3.63) is 34.2 Å². The summed E-state index contributed by atoms with van der Waals surface area (Å²) in [7, 11) is 3.70. The van der Waals surface area contributed by atoms with Crippen LogP contribution in [0.3, 0.4) is 0 Å². The third-order valence-electron chi connectivity index (χ3n) is 2.28. The van der Waals surface area contributed by atoms with Gasteiger partial charge in [0.25, 0.3) is 5.56 Å². The molecule has 0 unspecified atom stereocenters. The van der Waals surface area contributed by atoms with Crippen LogP contribution in [0.25, 0.3) is 0 Å². The van der Waals surface area contributed by atoms with Crippen LogP contribution >= 0.6 is 0 Å². The van der Waals surface area contributed by atoms with Crippen LogP contribution in [0.4, 0.5) is 0 Å². The average Bonchev–Trinajstić information content (AvgIpc) is 2.23. The normalized spacial score (nSPS) is 10.5. The topological polar surface area (TPSA) is 46.1 Å². The fourth-order valence-electron chi connectivity index (χ4n) is 1.32. The van der Waals surface area contributed by atoms with E-state index in [4.69, 9.17) is 0 Å². The summed E-state index contributed by atoms with van der Waals surface area (Å²) in [5.74, 6) is 0. The molecule has 0 atom stereocenters. The monoisotopic (exact) mass is 209 g/mol. The zero-order chi connectivity index (χ0) is 11.1. The maximum atomic E-state index is 11.3. The molecule has 0 spiro atoms. The molecule has 0 aromatic carbocycles. The van der Waals surface area contributed by atoms with Crippen LogP contribution in [0.2, 0.25) is 0 Å². The molecule has 1 rings (SSSR count). The Morgan fingerprint density at radius 2 is 2.20 bits per heavy atom. The number of aryl methyl sites for hydroxylation is 1. The quantitative estimate of drug-likeness (QED) is 0.652. The van der Waals surface area contributed by atoms with Gasteiger partial charge in [0.2, 0.25) is 0 Å². The Balaban J connectivity index is 2.32. The van der Waals surface area contributed by atoms with E-state index in [9.17, 15) is 4.79 Å². The summed E-state index contributed by atoms with van der Waals surface area (Å²) < 4.78 is 1.57. The number of rotatable bonds is 6. The molecule has 84 valence electrons. The fraction of sp³-hybridized carbons (Fsp3) is 0.545. The third kappa shape index (κ3) is 4.27. The summed E-state index contributed by atoms with van der Waals surface area (Å²) in [5.41, 5.74) is 1.09. The number of nitrogens with zero attached hydrogens (tertiary/aromatic N) is 1. The molecule has 0 aliphatic heterocycles. The second-order valence-corrected chi connectivity index (χ2v) is 3.62. The number of hydrogen-bond donors (Lipinski definition) is 2. The van der Waals surface area contributed by atoms with Crippen LogP contribution in [0.5, 0.6) is 0 Å². The van der Waals surface area contributed by atoms with Gasteiger partial charge in [-0.05, 0) is 38.2 Å². The Labute approximate surface area is 90.3 Å². The molecule has 0 bridgehead atoms. The number of hydrogen-bond acceptors (Lipinski definition) is 3. The van der Waals surface area contributed by atoms with Crippen molar-refractivity contribution in [3.63, 3.8) is 0 Å². The van der Waals surface area contributed by atoms with E-state index in [1.54, 1.807) is 23.9 Å². The Kier molecular flexibility index (Phi) is 5.07. The van der Waals surface area contributed by atoms with Gasteiger partial charge in [0.15, 0.2) is 0 Å². The third-order valence-corrected chi connectivity index (χ3v) is 2.28. The van der Waals surface area contributed by atoms with E-state index in [-0.39, 0.29) is 5.56 Å². The molecular formula is C11H19N3O. The van der Waals surface area contributed by atoms with Gasteiger partial charge in [-0.1, -0.05) is 0 Å². The molecule has 0 aliphatic rings. The predicted octanol–water partition coefficient (Wildman–Crippen LogP) is 0.0844. The fourth-order valence-corrected chi connectivity index (χ4v) is 1.32. The van der Waals surface area contributed by atoms with E-state index in [1.807, 2.05) is 13.1 Å². The molecule has 0 saturated carbocycles. The molecule has 0 aliphatic carbocycles. The largest absolute Gasteiger partial charge is 0.320 e. The Hall–Kier alpha value is -1.13. The SMILES string of the molecule is CNCCCNCc1ccn(C)c(=O)c1. The Morgan fingerprint density at radius 3 is 2.87 bits per heavy atom. The lowest BCUT2D eigenvalue weighted by Crippen LogP contribution is -2.21. The smallest absolute Gasteiger partial charge is 0.250 e. The summed E-state index contributed by atoms with van der Waals surface area (Å²) in [5, 5.41) is 6.38. The van der Waals surface area contributed by atoms with Crippen molar-refractivity contribution in [1.29, 1.82) is 0 Å². The van der Waals surface area contributed by atoms with Crippen molar-refractivity contribution in [2.75, 3.05) is 20.1 Å². The maximum Gasteiger partial charge on any atom is 0.250 e. The van der Waals surface area contributed by atoms with Gasteiger partial charge in [0.05, 0.1) is 0 Å². The van der Waals surface area contributed by atoms with Crippen LogP contribution in [-0.2, 0) is 13.6 Å². The first-order valence-electron chi connectivity index (χ1n) is 5.25. The van der Waals surface area contributed by atoms with Crippen molar-refractivity contribution in [1.82, 2.24) is 15.2 Å². The van der Waals surface area contributed by atoms with E-state index in [1.165, 1.54) is 0 Å². The summed E-state index contributed by atoms with van der Waals surface area (Å²) in [6, 6.07) is 3.64. The number of pyridine rings is 1. The van der Waals surface area contributed by atoms with E-state index >= 15 is 0 Å². The zero-order valence-electron chi connectivity index (χ0n) is 9.42. The molecule has 1 aromatic heterocycles. The van der Waals surface area contributed by atoms with Gasteiger partial charge in [-0.25, -0.2) is 0 Å². The predicted molar refractivity (Wildman–Crippen MR) is 61.9 cm³/mol. The van der Waals surface area contributed by atoms with Crippen LogP contribution in [0, 0.1) is 0 Å². The van der Waals surface area contributed by atoms with Gasteiger partial charge in [-0.15, -0.1) is 0 Å². The van der Waals surface area contributed by atoms with Gasteiger partial charge < -0.3 is 15.2 Å². The molecule has 4 nitrogen and oxygen atoms in total. The van der Waals surface area contributed by atoms with Crippen molar-refractivity contribution in [2.24, 2.45) is 7.05 Å². The minimum absolute atomic E-state index is 0.0459. The minimum Gasteiger partial charge on any atom is -0.320 e. The summed E-state index contributed by atoms with van der Waals surface area (Å²) in [4.78, 5) is 11.3. The molecule has 0 saturated heterocycles. The highest BCUT2D eigenvalue weighted by Gasteiger charge is 1.94. The van der Waals surface area contributed by atoms with Gasteiger partial charge >= 0.3 is 0 Å². The minimum atomic E-state index is 0.0459. The first kappa shape index (κ1) is 11.9. The van der Waals surface area contributed by atoms with Crippen LogP contribution < -0.4 is 16.2 Å².